The molecule has 1 rings (SSSR count). The van der Waals surface area contributed by atoms with Crippen LogP contribution in [0.3, 0.4) is 0 Å². The van der Waals surface area contributed by atoms with Gasteiger partial charge in [0.25, 0.3) is 0 Å². The molecular weight excluding hydrogens is 207 g/mol. The van der Waals surface area contributed by atoms with E-state index in [9.17, 15) is 18.0 Å². The summed E-state index contributed by atoms with van der Waals surface area (Å²) in [5, 5.41) is -0.167. The Morgan fingerprint density at radius 1 is 1.46 bits per heavy atom. The molecule has 0 aromatic carbocycles. The summed E-state index contributed by atoms with van der Waals surface area (Å²) in [5.41, 5.74) is 4.61. The second-order valence-corrected chi connectivity index (χ2v) is 3.08. The number of thiophene rings is 1. The molecule has 7 heteroatoms. The molecule has 1 amide bonds. The van der Waals surface area contributed by atoms with Crippen molar-refractivity contribution in [1.29, 1.82) is 0 Å². The van der Waals surface area contributed by atoms with Gasteiger partial charge in [0.15, 0.2) is 5.06 Å². The highest BCUT2D eigenvalue weighted by molar-refractivity contribution is 7.14. The molecule has 2 N–H and O–H groups in total. The van der Waals surface area contributed by atoms with Crippen LogP contribution >= 0.6 is 11.3 Å². The first-order chi connectivity index (χ1) is 5.89. The number of nitrogens with two attached hydrogens (primary N) is 1. The molecule has 0 fully saturated rings. The topological polar surface area (TPSA) is 52.3 Å². The highest BCUT2D eigenvalue weighted by atomic mass is 32.1. The summed E-state index contributed by atoms with van der Waals surface area (Å²) in [6, 6.07) is 1.86. The van der Waals surface area contributed by atoms with Crippen LogP contribution in [0.2, 0.25) is 0 Å². The average molecular weight is 211 g/mol. The highest BCUT2D eigenvalue weighted by Gasteiger charge is 2.32. The van der Waals surface area contributed by atoms with Gasteiger partial charge in [0.05, 0.1) is 0 Å². The van der Waals surface area contributed by atoms with Crippen LogP contribution in [0.25, 0.3) is 0 Å². The van der Waals surface area contributed by atoms with E-state index in [0.717, 1.165) is 12.1 Å². The van der Waals surface area contributed by atoms with Crippen molar-refractivity contribution in [3.05, 3.63) is 17.0 Å². The summed E-state index contributed by atoms with van der Waals surface area (Å²) in [4.78, 5) is 9.32. The summed E-state index contributed by atoms with van der Waals surface area (Å²) in [5.74, 6) is 0. The van der Waals surface area contributed by atoms with Crippen LogP contribution < -0.4 is 10.5 Å². The Morgan fingerprint density at radius 2 is 2.08 bits per heavy atom. The SMILES string of the molecule is NC(=O)Oc1ccc(C(F)(F)F)s1. The molecule has 0 saturated heterocycles. The number of carbonyl (C=O) groups excluding carboxylic acids is 1. The predicted octanol–water partition coefficient (Wildman–Crippen LogP) is 2.22. The van der Waals surface area contributed by atoms with Gasteiger partial charge in [-0.3, -0.25) is 0 Å². The van der Waals surface area contributed by atoms with Crippen molar-refractivity contribution in [3.63, 3.8) is 0 Å². The van der Waals surface area contributed by atoms with E-state index in [2.05, 4.69) is 10.5 Å². The fourth-order valence-corrected chi connectivity index (χ4v) is 1.35. The second kappa shape index (κ2) is 3.25. The molecule has 3 nitrogen and oxygen atoms in total. The van der Waals surface area contributed by atoms with Gasteiger partial charge < -0.3 is 10.5 Å². The molecule has 1 aromatic rings. The van der Waals surface area contributed by atoms with Gasteiger partial charge in [0, 0.05) is 0 Å². The second-order valence-electron chi connectivity index (χ2n) is 2.04. The van der Waals surface area contributed by atoms with Crippen molar-refractivity contribution in [2.24, 2.45) is 5.73 Å². The number of ether oxygens (including phenoxy) is 1. The van der Waals surface area contributed by atoms with Gasteiger partial charge in [-0.05, 0) is 12.1 Å². The Balaban J connectivity index is 2.81. The van der Waals surface area contributed by atoms with Gasteiger partial charge in [-0.15, -0.1) is 0 Å². The van der Waals surface area contributed by atoms with Crippen LogP contribution in [-0.4, -0.2) is 6.09 Å². The number of rotatable bonds is 1. The Bertz CT molecular complexity index is 320. The number of halogens is 3. The van der Waals surface area contributed by atoms with E-state index in [1.807, 2.05) is 0 Å². The van der Waals surface area contributed by atoms with Crippen LogP contribution in [0.15, 0.2) is 12.1 Å². The summed E-state index contributed by atoms with van der Waals surface area (Å²) in [7, 11) is 0. The predicted molar refractivity (Wildman–Crippen MR) is 39.5 cm³/mol. The molecule has 0 aliphatic rings. The van der Waals surface area contributed by atoms with E-state index >= 15 is 0 Å². The zero-order valence-electron chi connectivity index (χ0n) is 6.09. The van der Waals surface area contributed by atoms with Gasteiger partial charge in [-0.25, -0.2) is 4.79 Å². The normalized spacial score (nSPS) is 11.3. The Hall–Kier alpha value is -1.24. The van der Waals surface area contributed by atoms with Crippen molar-refractivity contribution >= 4 is 17.4 Å². The number of primary amides is 1. The maximum atomic E-state index is 12.0. The van der Waals surface area contributed by atoms with E-state index in [4.69, 9.17) is 0 Å². The highest BCUT2D eigenvalue weighted by Crippen LogP contribution is 2.37. The van der Waals surface area contributed by atoms with Crippen molar-refractivity contribution in [2.75, 3.05) is 0 Å². The fraction of sp³-hybridized carbons (Fsp3) is 0.167. The maximum Gasteiger partial charge on any atom is 0.425 e. The van der Waals surface area contributed by atoms with E-state index < -0.39 is 17.1 Å². The molecule has 0 saturated carbocycles. The molecule has 1 heterocycles. The summed E-state index contributed by atoms with van der Waals surface area (Å²) in [6.45, 7) is 0. The lowest BCUT2D eigenvalue weighted by molar-refractivity contribution is -0.134. The molecule has 1 aromatic heterocycles. The minimum Gasteiger partial charge on any atom is -0.399 e. The van der Waals surface area contributed by atoms with Gasteiger partial charge >= 0.3 is 12.3 Å². The molecule has 0 atom stereocenters. The zero-order chi connectivity index (χ0) is 10.1. The van der Waals surface area contributed by atoms with Crippen molar-refractivity contribution in [3.8, 4) is 5.06 Å². The third kappa shape index (κ3) is 2.62. The average Bonchev–Trinajstić information content (AvgIpc) is 2.32. The minimum absolute atomic E-state index is 0.167. The third-order valence-electron chi connectivity index (χ3n) is 1.06. The van der Waals surface area contributed by atoms with Gasteiger partial charge in [-0.1, -0.05) is 11.3 Å². The van der Waals surface area contributed by atoms with Crippen LogP contribution in [0.4, 0.5) is 18.0 Å². The molecule has 0 bridgehead atoms. The standard InChI is InChI=1S/C6H4F3NO2S/c7-6(8,9)3-1-2-4(13-3)12-5(10)11/h1-2H,(H2,10,11). The van der Waals surface area contributed by atoms with Crippen molar-refractivity contribution < 1.29 is 22.7 Å². The van der Waals surface area contributed by atoms with Crippen LogP contribution in [-0.2, 0) is 6.18 Å². The first-order valence-electron chi connectivity index (χ1n) is 3.04. The quantitative estimate of drug-likeness (QED) is 0.774. The molecule has 0 aliphatic carbocycles. The monoisotopic (exact) mass is 211 g/mol. The first kappa shape index (κ1) is 9.85. The number of amides is 1. The van der Waals surface area contributed by atoms with Crippen LogP contribution in [0.5, 0.6) is 5.06 Å². The summed E-state index contributed by atoms with van der Waals surface area (Å²) < 4.78 is 40.2. The lowest BCUT2D eigenvalue weighted by Gasteiger charge is -2.00. The smallest absolute Gasteiger partial charge is 0.399 e. The molecular formula is C6H4F3NO2S. The van der Waals surface area contributed by atoms with Gasteiger partial charge in [0.1, 0.15) is 4.88 Å². The van der Waals surface area contributed by atoms with Gasteiger partial charge in [0.2, 0.25) is 0 Å². The number of carbonyl (C=O) groups is 1. The number of alkyl halides is 3. The Morgan fingerprint density at radius 3 is 2.46 bits per heavy atom. The Labute approximate surface area is 74.9 Å². The molecule has 13 heavy (non-hydrogen) atoms. The molecule has 0 spiro atoms. The summed E-state index contributed by atoms with van der Waals surface area (Å²) >= 11 is 0.320. The van der Waals surface area contributed by atoms with Gasteiger partial charge in [-0.2, -0.15) is 13.2 Å². The van der Waals surface area contributed by atoms with E-state index in [1.165, 1.54) is 0 Å². The third-order valence-corrected chi connectivity index (χ3v) is 2.07. The minimum atomic E-state index is -4.41. The lowest BCUT2D eigenvalue weighted by Crippen LogP contribution is -2.15. The molecule has 0 unspecified atom stereocenters. The molecule has 72 valence electrons. The van der Waals surface area contributed by atoms with Crippen molar-refractivity contribution in [1.82, 2.24) is 0 Å². The van der Waals surface area contributed by atoms with E-state index in [0.29, 0.717) is 11.3 Å². The number of hydrogen-bond donors (Lipinski definition) is 1. The van der Waals surface area contributed by atoms with Crippen molar-refractivity contribution in [2.45, 2.75) is 6.18 Å². The number of hydrogen-bond acceptors (Lipinski definition) is 3. The molecule has 0 aliphatic heterocycles. The Kier molecular flexibility index (Phi) is 2.46. The maximum absolute atomic E-state index is 12.0. The van der Waals surface area contributed by atoms with Crippen LogP contribution in [0.1, 0.15) is 4.88 Å². The molecule has 0 radical (unpaired) electrons. The largest absolute Gasteiger partial charge is 0.425 e. The first-order valence-corrected chi connectivity index (χ1v) is 3.85. The summed E-state index contributed by atoms with van der Waals surface area (Å²) in [6.07, 6.45) is -5.54. The zero-order valence-corrected chi connectivity index (χ0v) is 6.91. The lowest BCUT2D eigenvalue weighted by atomic mass is 10.5. The fourth-order valence-electron chi connectivity index (χ4n) is 0.626. The van der Waals surface area contributed by atoms with E-state index in [1.54, 1.807) is 0 Å². The van der Waals surface area contributed by atoms with Crippen LogP contribution in [0, 0.1) is 0 Å². The van der Waals surface area contributed by atoms with E-state index in [-0.39, 0.29) is 5.06 Å².